The van der Waals surface area contributed by atoms with Crippen molar-refractivity contribution in [1.82, 2.24) is 15.2 Å². The summed E-state index contributed by atoms with van der Waals surface area (Å²) in [6.45, 7) is 4.35. The fourth-order valence-corrected chi connectivity index (χ4v) is 1.95. The van der Waals surface area contributed by atoms with Crippen LogP contribution in [0.15, 0.2) is 17.5 Å². The van der Waals surface area contributed by atoms with E-state index in [0.29, 0.717) is 5.92 Å². The van der Waals surface area contributed by atoms with Crippen molar-refractivity contribution in [1.29, 1.82) is 0 Å². The number of H-pyrrole nitrogens is 1. The third kappa shape index (κ3) is 2.01. The molecule has 0 unspecified atom stereocenters. The molecule has 0 fully saturated rings. The van der Waals surface area contributed by atoms with E-state index in [1.807, 2.05) is 17.5 Å². The zero-order valence-corrected chi connectivity index (χ0v) is 9.14. The number of thiophene rings is 1. The van der Waals surface area contributed by atoms with Crippen molar-refractivity contribution in [3.63, 3.8) is 0 Å². The van der Waals surface area contributed by atoms with Crippen LogP contribution in [0.4, 0.5) is 0 Å². The van der Waals surface area contributed by atoms with Gasteiger partial charge in [-0.2, -0.15) is 5.10 Å². The quantitative estimate of drug-likeness (QED) is 0.840. The molecule has 0 aliphatic rings. The lowest BCUT2D eigenvalue weighted by atomic mass is 10.1. The number of aromatic nitrogens is 3. The van der Waals surface area contributed by atoms with Gasteiger partial charge in [-0.25, -0.2) is 4.98 Å². The van der Waals surface area contributed by atoms with Gasteiger partial charge in [0.2, 0.25) is 0 Å². The van der Waals surface area contributed by atoms with E-state index >= 15 is 0 Å². The number of rotatable bonds is 3. The van der Waals surface area contributed by atoms with Crippen molar-refractivity contribution < 1.29 is 0 Å². The lowest BCUT2D eigenvalue weighted by molar-refractivity contribution is 0.623. The number of hydrogen-bond acceptors (Lipinski definition) is 3. The van der Waals surface area contributed by atoms with Gasteiger partial charge in [-0.3, -0.25) is 5.10 Å². The lowest BCUT2D eigenvalue weighted by Crippen LogP contribution is -1.95. The highest BCUT2D eigenvalue weighted by atomic mass is 32.1. The molecular weight excluding hydrogens is 194 g/mol. The predicted molar refractivity (Wildman–Crippen MR) is 58.2 cm³/mol. The maximum atomic E-state index is 4.44. The second kappa shape index (κ2) is 3.92. The summed E-state index contributed by atoms with van der Waals surface area (Å²) < 4.78 is 0. The van der Waals surface area contributed by atoms with Gasteiger partial charge >= 0.3 is 0 Å². The normalized spacial score (nSPS) is 11.1. The molecule has 0 atom stereocenters. The maximum absolute atomic E-state index is 4.44. The first kappa shape index (κ1) is 9.40. The topological polar surface area (TPSA) is 41.6 Å². The molecule has 0 bridgehead atoms. The number of hydrogen-bond donors (Lipinski definition) is 1. The Morgan fingerprint density at radius 2 is 2.36 bits per heavy atom. The lowest BCUT2D eigenvalue weighted by Gasteiger charge is -1.97. The third-order valence-electron chi connectivity index (χ3n) is 1.87. The van der Waals surface area contributed by atoms with Crippen LogP contribution in [0.25, 0.3) is 10.7 Å². The maximum Gasteiger partial charge on any atom is 0.191 e. The SMILES string of the molecule is CC(C)Cc1nc(-c2cccs2)n[nH]1. The second-order valence-electron chi connectivity index (χ2n) is 3.68. The highest BCUT2D eigenvalue weighted by Gasteiger charge is 2.07. The van der Waals surface area contributed by atoms with Crippen LogP contribution in [-0.2, 0) is 6.42 Å². The zero-order valence-electron chi connectivity index (χ0n) is 8.32. The van der Waals surface area contributed by atoms with E-state index in [0.717, 1.165) is 22.9 Å². The van der Waals surface area contributed by atoms with E-state index in [4.69, 9.17) is 0 Å². The molecular formula is C10H13N3S. The Morgan fingerprint density at radius 1 is 1.50 bits per heavy atom. The molecule has 2 aromatic heterocycles. The molecule has 2 aromatic rings. The van der Waals surface area contributed by atoms with Crippen LogP contribution in [0.5, 0.6) is 0 Å². The molecule has 3 nitrogen and oxygen atoms in total. The van der Waals surface area contributed by atoms with E-state index in [-0.39, 0.29) is 0 Å². The van der Waals surface area contributed by atoms with E-state index in [1.165, 1.54) is 0 Å². The summed E-state index contributed by atoms with van der Waals surface area (Å²) >= 11 is 1.66. The van der Waals surface area contributed by atoms with E-state index < -0.39 is 0 Å². The Hall–Kier alpha value is -1.16. The van der Waals surface area contributed by atoms with Crippen LogP contribution in [0.1, 0.15) is 19.7 Å². The first-order valence-corrected chi connectivity index (χ1v) is 5.59. The first-order valence-electron chi connectivity index (χ1n) is 4.71. The molecule has 2 rings (SSSR count). The molecule has 1 N–H and O–H groups in total. The summed E-state index contributed by atoms with van der Waals surface area (Å²) in [5.74, 6) is 2.40. The van der Waals surface area contributed by atoms with Crippen LogP contribution >= 0.6 is 11.3 Å². The molecule has 0 aromatic carbocycles. The van der Waals surface area contributed by atoms with Crippen molar-refractivity contribution in [2.75, 3.05) is 0 Å². The van der Waals surface area contributed by atoms with Crippen molar-refractivity contribution in [2.45, 2.75) is 20.3 Å². The van der Waals surface area contributed by atoms with Gasteiger partial charge in [-0.05, 0) is 17.4 Å². The average molecular weight is 207 g/mol. The monoisotopic (exact) mass is 207 g/mol. The first-order chi connectivity index (χ1) is 6.75. The van der Waals surface area contributed by atoms with Gasteiger partial charge < -0.3 is 0 Å². The molecule has 74 valence electrons. The fraction of sp³-hybridized carbons (Fsp3) is 0.400. The zero-order chi connectivity index (χ0) is 9.97. The minimum atomic E-state index is 0.610. The molecule has 14 heavy (non-hydrogen) atoms. The summed E-state index contributed by atoms with van der Waals surface area (Å²) in [6, 6.07) is 4.05. The smallest absolute Gasteiger partial charge is 0.191 e. The molecule has 0 aliphatic carbocycles. The summed E-state index contributed by atoms with van der Waals surface area (Å²) in [5.41, 5.74) is 0. The van der Waals surface area contributed by atoms with Gasteiger partial charge in [0.1, 0.15) is 5.82 Å². The van der Waals surface area contributed by atoms with Crippen molar-refractivity contribution in [3.05, 3.63) is 23.3 Å². The number of nitrogens with one attached hydrogen (secondary N) is 1. The molecule has 0 saturated heterocycles. The van der Waals surface area contributed by atoms with Gasteiger partial charge in [0.15, 0.2) is 5.82 Å². The predicted octanol–water partition coefficient (Wildman–Crippen LogP) is 2.73. The van der Waals surface area contributed by atoms with E-state index in [9.17, 15) is 0 Å². The summed E-state index contributed by atoms with van der Waals surface area (Å²) in [6.07, 6.45) is 0.957. The summed E-state index contributed by atoms with van der Waals surface area (Å²) in [7, 11) is 0. The standard InChI is InChI=1S/C10H13N3S/c1-7(2)6-9-11-10(13-12-9)8-4-3-5-14-8/h3-5,7H,6H2,1-2H3,(H,11,12,13). The van der Waals surface area contributed by atoms with Gasteiger partial charge in [0.25, 0.3) is 0 Å². The molecule has 4 heteroatoms. The van der Waals surface area contributed by atoms with Crippen molar-refractivity contribution in [2.24, 2.45) is 5.92 Å². The van der Waals surface area contributed by atoms with Crippen molar-refractivity contribution >= 4 is 11.3 Å². The average Bonchev–Trinajstić information content (AvgIpc) is 2.69. The molecule has 0 spiro atoms. The van der Waals surface area contributed by atoms with Crippen LogP contribution in [0, 0.1) is 5.92 Å². The van der Waals surface area contributed by atoms with Crippen LogP contribution in [0.2, 0.25) is 0 Å². The Kier molecular flexibility index (Phi) is 2.63. The number of aromatic amines is 1. The highest BCUT2D eigenvalue weighted by Crippen LogP contribution is 2.20. The second-order valence-corrected chi connectivity index (χ2v) is 4.63. The van der Waals surface area contributed by atoms with Crippen LogP contribution < -0.4 is 0 Å². The molecule has 0 radical (unpaired) electrons. The minimum absolute atomic E-state index is 0.610. The van der Waals surface area contributed by atoms with Gasteiger partial charge in [-0.15, -0.1) is 11.3 Å². The van der Waals surface area contributed by atoms with E-state index in [2.05, 4.69) is 29.0 Å². The summed E-state index contributed by atoms with van der Waals surface area (Å²) in [5, 5.41) is 9.19. The minimum Gasteiger partial charge on any atom is -0.263 e. The Bertz CT molecular complexity index is 389. The fourth-order valence-electron chi connectivity index (χ4n) is 1.29. The Balaban J connectivity index is 2.18. The molecule has 0 amide bonds. The van der Waals surface area contributed by atoms with E-state index in [1.54, 1.807) is 11.3 Å². The van der Waals surface area contributed by atoms with Gasteiger partial charge in [0, 0.05) is 6.42 Å². The third-order valence-corrected chi connectivity index (χ3v) is 2.74. The van der Waals surface area contributed by atoms with Crippen molar-refractivity contribution in [3.8, 4) is 10.7 Å². The molecule has 0 saturated carbocycles. The van der Waals surface area contributed by atoms with Gasteiger partial charge in [0.05, 0.1) is 4.88 Å². The Labute approximate surface area is 87.2 Å². The van der Waals surface area contributed by atoms with Gasteiger partial charge in [-0.1, -0.05) is 19.9 Å². The number of nitrogens with zero attached hydrogens (tertiary/aromatic N) is 2. The largest absolute Gasteiger partial charge is 0.263 e. The molecule has 0 aliphatic heterocycles. The molecule has 2 heterocycles. The summed E-state index contributed by atoms with van der Waals surface area (Å²) in [4.78, 5) is 5.56. The van der Waals surface area contributed by atoms with Crippen LogP contribution in [0.3, 0.4) is 0 Å². The Morgan fingerprint density at radius 3 is 3.00 bits per heavy atom. The van der Waals surface area contributed by atoms with Crippen LogP contribution in [-0.4, -0.2) is 15.2 Å². The highest BCUT2D eigenvalue weighted by molar-refractivity contribution is 7.13.